The van der Waals surface area contributed by atoms with Crippen molar-refractivity contribution in [1.29, 1.82) is 0 Å². The van der Waals surface area contributed by atoms with Gasteiger partial charge >= 0.3 is 18.3 Å². The summed E-state index contributed by atoms with van der Waals surface area (Å²) in [6.45, 7) is 0.877. The van der Waals surface area contributed by atoms with E-state index in [-0.39, 0.29) is 18.7 Å². The second-order valence-electron chi connectivity index (χ2n) is 5.23. The lowest BCUT2D eigenvalue weighted by atomic mass is 10.1. The highest BCUT2D eigenvalue weighted by molar-refractivity contribution is 5.67. The van der Waals surface area contributed by atoms with Crippen LogP contribution in [0.15, 0.2) is 12.4 Å². The Morgan fingerprint density at radius 1 is 1.39 bits per heavy atom. The summed E-state index contributed by atoms with van der Waals surface area (Å²) in [7, 11) is 0. The fraction of sp³-hybridized carbons (Fsp3) is 0.643. The molecule has 9 heteroatoms. The van der Waals surface area contributed by atoms with Gasteiger partial charge in [-0.05, 0) is 24.8 Å². The van der Waals surface area contributed by atoms with E-state index < -0.39 is 18.9 Å². The number of hydrogen-bond acceptors (Lipinski definition) is 5. The lowest BCUT2D eigenvalue weighted by molar-refractivity contribution is -0.162. The highest BCUT2D eigenvalue weighted by atomic mass is 19.4. The number of aromatic nitrogens is 2. The normalized spacial score (nSPS) is 18.6. The minimum Gasteiger partial charge on any atom is -0.458 e. The van der Waals surface area contributed by atoms with E-state index in [0.717, 1.165) is 12.0 Å². The zero-order chi connectivity index (χ0) is 16.9. The molecule has 0 aromatic carbocycles. The maximum absolute atomic E-state index is 12.1. The highest BCUT2D eigenvalue weighted by Gasteiger charge is 2.32. The molecule has 1 unspecified atom stereocenters. The van der Waals surface area contributed by atoms with Gasteiger partial charge in [-0.3, -0.25) is 0 Å². The van der Waals surface area contributed by atoms with Crippen molar-refractivity contribution in [3.05, 3.63) is 18.0 Å². The van der Waals surface area contributed by atoms with Crippen LogP contribution in [0.4, 0.5) is 18.0 Å². The van der Waals surface area contributed by atoms with Crippen molar-refractivity contribution in [2.45, 2.75) is 38.5 Å². The molecule has 2 heterocycles. The van der Waals surface area contributed by atoms with E-state index in [9.17, 15) is 18.0 Å². The summed E-state index contributed by atoms with van der Waals surface area (Å²) in [6, 6.07) is 0.192. The number of alkyl halides is 3. The first-order valence-corrected chi connectivity index (χ1v) is 7.33. The summed E-state index contributed by atoms with van der Waals surface area (Å²) >= 11 is 0. The molecular formula is C14H18F3N3O3. The summed E-state index contributed by atoms with van der Waals surface area (Å²) in [4.78, 5) is 21.0. The fourth-order valence-electron chi connectivity index (χ4n) is 2.17. The Labute approximate surface area is 131 Å². The number of rotatable bonds is 4. The quantitative estimate of drug-likeness (QED) is 0.847. The molecule has 128 valence electrons. The zero-order valence-corrected chi connectivity index (χ0v) is 12.7. The zero-order valence-electron chi connectivity index (χ0n) is 12.7. The minimum atomic E-state index is -4.53. The van der Waals surface area contributed by atoms with Crippen molar-refractivity contribution in [1.82, 2.24) is 14.9 Å². The molecule has 0 aliphatic carbocycles. The number of carbonyl (C=O) groups is 1. The predicted octanol–water partition coefficient (Wildman–Crippen LogP) is 2.58. The minimum absolute atomic E-state index is 0.148. The third kappa shape index (κ3) is 5.57. The Balaban J connectivity index is 1.86. The number of aryl methyl sites for hydroxylation is 1. The Kier molecular flexibility index (Phi) is 5.62. The predicted molar refractivity (Wildman–Crippen MR) is 74.0 cm³/mol. The molecule has 1 fully saturated rings. The van der Waals surface area contributed by atoms with E-state index >= 15 is 0 Å². The SMILES string of the molecule is CCc1cnc(OC2CCCN(C(=O)OCC(F)(F)F)C2)nc1. The van der Waals surface area contributed by atoms with Crippen molar-refractivity contribution >= 4 is 6.09 Å². The standard InChI is InChI=1S/C14H18F3N3O3/c1-2-10-6-18-12(19-7-10)23-11-4-3-5-20(8-11)13(21)22-9-14(15,16)17/h6-7,11H,2-5,8-9H2,1H3. The molecule has 1 saturated heterocycles. The van der Waals surface area contributed by atoms with Gasteiger partial charge in [0.05, 0.1) is 6.54 Å². The summed E-state index contributed by atoms with van der Waals surface area (Å²) in [5.74, 6) is 0. The molecule has 0 radical (unpaired) electrons. The summed E-state index contributed by atoms with van der Waals surface area (Å²) < 4.78 is 46.1. The molecule has 1 amide bonds. The third-order valence-corrected chi connectivity index (χ3v) is 3.36. The molecule has 1 aromatic rings. The molecule has 1 aromatic heterocycles. The molecule has 23 heavy (non-hydrogen) atoms. The van der Waals surface area contributed by atoms with E-state index in [0.29, 0.717) is 19.4 Å². The Morgan fingerprint density at radius 3 is 2.70 bits per heavy atom. The molecule has 1 atom stereocenters. The van der Waals surface area contributed by atoms with Crippen LogP contribution in [-0.4, -0.2) is 52.9 Å². The fourth-order valence-corrected chi connectivity index (χ4v) is 2.17. The van der Waals surface area contributed by atoms with Gasteiger partial charge in [-0.2, -0.15) is 13.2 Å². The van der Waals surface area contributed by atoms with Gasteiger partial charge in [0.15, 0.2) is 6.61 Å². The number of halogens is 3. The van der Waals surface area contributed by atoms with Crippen molar-refractivity contribution in [2.75, 3.05) is 19.7 Å². The van der Waals surface area contributed by atoms with Gasteiger partial charge in [0.25, 0.3) is 0 Å². The maximum Gasteiger partial charge on any atom is 0.422 e. The van der Waals surface area contributed by atoms with Crippen LogP contribution in [0.2, 0.25) is 0 Å². The second-order valence-corrected chi connectivity index (χ2v) is 5.23. The van der Waals surface area contributed by atoms with Gasteiger partial charge in [0.2, 0.25) is 0 Å². The number of nitrogens with zero attached hydrogens (tertiary/aromatic N) is 3. The van der Waals surface area contributed by atoms with Crippen LogP contribution in [-0.2, 0) is 11.2 Å². The lowest BCUT2D eigenvalue weighted by Crippen LogP contribution is -2.45. The Morgan fingerprint density at radius 2 is 2.09 bits per heavy atom. The topological polar surface area (TPSA) is 64.5 Å². The number of likely N-dealkylation sites (tertiary alicyclic amines) is 1. The molecule has 0 spiro atoms. The van der Waals surface area contributed by atoms with Crippen molar-refractivity contribution < 1.29 is 27.4 Å². The summed E-state index contributed by atoms with van der Waals surface area (Å²) in [5, 5.41) is 0. The number of hydrogen-bond donors (Lipinski definition) is 0. The first-order valence-electron chi connectivity index (χ1n) is 7.33. The van der Waals surface area contributed by atoms with Crippen LogP contribution in [0.5, 0.6) is 6.01 Å². The Bertz CT molecular complexity index is 522. The number of carbonyl (C=O) groups excluding carboxylic acids is 1. The van der Waals surface area contributed by atoms with Gasteiger partial charge in [0, 0.05) is 18.9 Å². The third-order valence-electron chi connectivity index (χ3n) is 3.36. The van der Waals surface area contributed by atoms with Crippen LogP contribution in [0.3, 0.4) is 0 Å². The van der Waals surface area contributed by atoms with Gasteiger partial charge < -0.3 is 14.4 Å². The van der Waals surface area contributed by atoms with Crippen LogP contribution in [0, 0.1) is 0 Å². The summed E-state index contributed by atoms with van der Waals surface area (Å²) in [5.41, 5.74) is 0.971. The number of piperidine rings is 1. The van der Waals surface area contributed by atoms with Crippen molar-refractivity contribution in [3.63, 3.8) is 0 Å². The highest BCUT2D eigenvalue weighted by Crippen LogP contribution is 2.18. The lowest BCUT2D eigenvalue weighted by Gasteiger charge is -2.31. The molecule has 6 nitrogen and oxygen atoms in total. The molecule has 0 N–H and O–H groups in total. The van der Waals surface area contributed by atoms with Gasteiger partial charge in [-0.15, -0.1) is 0 Å². The smallest absolute Gasteiger partial charge is 0.422 e. The summed E-state index contributed by atoms with van der Waals surface area (Å²) in [6.07, 6.45) is -0.492. The van der Waals surface area contributed by atoms with E-state index in [1.54, 1.807) is 12.4 Å². The number of ether oxygens (including phenoxy) is 2. The van der Waals surface area contributed by atoms with E-state index in [1.807, 2.05) is 6.92 Å². The Hall–Kier alpha value is -2.06. The van der Waals surface area contributed by atoms with Crippen LogP contribution < -0.4 is 4.74 Å². The number of amides is 1. The van der Waals surface area contributed by atoms with Crippen LogP contribution >= 0.6 is 0 Å². The molecular weight excluding hydrogens is 315 g/mol. The molecule has 0 saturated carbocycles. The van der Waals surface area contributed by atoms with E-state index in [2.05, 4.69) is 14.7 Å². The van der Waals surface area contributed by atoms with Gasteiger partial charge in [0.1, 0.15) is 6.10 Å². The molecule has 1 aliphatic heterocycles. The monoisotopic (exact) mass is 333 g/mol. The van der Waals surface area contributed by atoms with E-state index in [1.165, 1.54) is 4.90 Å². The molecule has 1 aliphatic rings. The van der Waals surface area contributed by atoms with Crippen molar-refractivity contribution in [3.8, 4) is 6.01 Å². The molecule has 0 bridgehead atoms. The van der Waals surface area contributed by atoms with Gasteiger partial charge in [-0.25, -0.2) is 14.8 Å². The first kappa shape index (κ1) is 17.3. The largest absolute Gasteiger partial charge is 0.458 e. The maximum atomic E-state index is 12.1. The average Bonchev–Trinajstić information content (AvgIpc) is 2.53. The first-order chi connectivity index (χ1) is 10.9. The van der Waals surface area contributed by atoms with Gasteiger partial charge in [-0.1, -0.05) is 6.92 Å². The van der Waals surface area contributed by atoms with Crippen LogP contribution in [0.1, 0.15) is 25.3 Å². The van der Waals surface area contributed by atoms with Crippen LogP contribution in [0.25, 0.3) is 0 Å². The van der Waals surface area contributed by atoms with Crippen molar-refractivity contribution in [2.24, 2.45) is 0 Å². The second kappa shape index (κ2) is 7.47. The molecule has 2 rings (SSSR count). The van der Waals surface area contributed by atoms with E-state index in [4.69, 9.17) is 4.74 Å². The average molecular weight is 333 g/mol.